The van der Waals surface area contributed by atoms with Gasteiger partial charge in [0.2, 0.25) is 11.8 Å². The average molecular weight is 357 g/mol. The molecule has 25 heavy (non-hydrogen) atoms. The molecule has 0 atom stereocenters. The van der Waals surface area contributed by atoms with Gasteiger partial charge in [-0.3, -0.25) is 9.59 Å². The molecule has 1 aliphatic rings. The van der Waals surface area contributed by atoms with Gasteiger partial charge < -0.3 is 10.6 Å². The van der Waals surface area contributed by atoms with Gasteiger partial charge in [-0.2, -0.15) is 0 Å². The van der Waals surface area contributed by atoms with E-state index in [0.29, 0.717) is 10.7 Å². The van der Waals surface area contributed by atoms with E-state index in [0.717, 1.165) is 31.4 Å². The molecule has 0 saturated heterocycles. The summed E-state index contributed by atoms with van der Waals surface area (Å²) in [6.07, 6.45) is 2.90. The monoisotopic (exact) mass is 356 g/mol. The minimum absolute atomic E-state index is 0.00387. The van der Waals surface area contributed by atoms with Crippen LogP contribution in [0.15, 0.2) is 54.6 Å². The summed E-state index contributed by atoms with van der Waals surface area (Å²) < 4.78 is 0. The van der Waals surface area contributed by atoms with E-state index >= 15 is 0 Å². The predicted molar refractivity (Wildman–Crippen MR) is 101 cm³/mol. The lowest BCUT2D eigenvalue weighted by Crippen LogP contribution is -2.32. The summed E-state index contributed by atoms with van der Waals surface area (Å²) in [6.45, 7) is 0. The summed E-state index contributed by atoms with van der Waals surface area (Å²) in [7, 11) is 0. The van der Waals surface area contributed by atoms with Crippen LogP contribution in [0.4, 0.5) is 11.4 Å². The van der Waals surface area contributed by atoms with Crippen LogP contribution < -0.4 is 10.6 Å². The molecular formula is C20H21ClN2O2. The van der Waals surface area contributed by atoms with Gasteiger partial charge in [-0.1, -0.05) is 35.9 Å². The Kier molecular flexibility index (Phi) is 5.71. The second kappa shape index (κ2) is 8.17. The third-order valence-corrected chi connectivity index (χ3v) is 4.84. The first-order chi connectivity index (χ1) is 12.1. The van der Waals surface area contributed by atoms with Crippen LogP contribution in [0.3, 0.4) is 0 Å². The summed E-state index contributed by atoms with van der Waals surface area (Å²) in [4.78, 5) is 24.7. The first-order valence-electron chi connectivity index (χ1n) is 8.54. The number of rotatable bonds is 4. The van der Waals surface area contributed by atoms with Crippen molar-refractivity contribution in [2.24, 2.45) is 11.8 Å². The normalized spacial score (nSPS) is 19.9. The van der Waals surface area contributed by atoms with Crippen molar-refractivity contribution in [2.75, 3.05) is 10.6 Å². The Morgan fingerprint density at radius 3 is 1.84 bits per heavy atom. The van der Waals surface area contributed by atoms with Crippen molar-refractivity contribution >= 4 is 34.8 Å². The minimum Gasteiger partial charge on any atom is -0.326 e. The van der Waals surface area contributed by atoms with Gasteiger partial charge >= 0.3 is 0 Å². The topological polar surface area (TPSA) is 58.2 Å². The van der Waals surface area contributed by atoms with Crippen molar-refractivity contribution in [2.45, 2.75) is 25.7 Å². The van der Waals surface area contributed by atoms with Crippen molar-refractivity contribution in [1.29, 1.82) is 0 Å². The lowest BCUT2D eigenvalue weighted by molar-refractivity contribution is -0.125. The van der Waals surface area contributed by atoms with Gasteiger partial charge in [0, 0.05) is 28.2 Å². The van der Waals surface area contributed by atoms with Gasteiger partial charge in [-0.05, 0) is 56.0 Å². The van der Waals surface area contributed by atoms with Crippen LogP contribution in [0.5, 0.6) is 0 Å². The maximum atomic E-state index is 12.4. The molecule has 5 heteroatoms. The van der Waals surface area contributed by atoms with Crippen LogP contribution in [0.2, 0.25) is 5.02 Å². The highest BCUT2D eigenvalue weighted by molar-refractivity contribution is 6.30. The highest BCUT2D eigenvalue weighted by Crippen LogP contribution is 2.30. The lowest BCUT2D eigenvalue weighted by atomic mass is 9.81. The molecule has 0 aliphatic heterocycles. The quantitative estimate of drug-likeness (QED) is 0.832. The number of hydrogen-bond acceptors (Lipinski definition) is 2. The summed E-state index contributed by atoms with van der Waals surface area (Å²) in [6, 6.07) is 16.6. The van der Waals surface area contributed by atoms with Gasteiger partial charge in [0.15, 0.2) is 0 Å². The minimum atomic E-state index is -0.0558. The van der Waals surface area contributed by atoms with Gasteiger partial charge in [0.25, 0.3) is 0 Å². The van der Waals surface area contributed by atoms with E-state index in [2.05, 4.69) is 10.6 Å². The molecule has 2 amide bonds. The van der Waals surface area contributed by atoms with E-state index in [1.54, 1.807) is 12.1 Å². The largest absolute Gasteiger partial charge is 0.326 e. The molecule has 3 rings (SSSR count). The number of carbonyl (C=O) groups excluding carboxylic acids is 2. The van der Waals surface area contributed by atoms with E-state index in [1.165, 1.54) is 0 Å². The standard InChI is InChI=1S/C20H21ClN2O2/c21-16-5-4-8-18(13-16)23-20(25)15-11-9-14(10-12-15)19(24)22-17-6-2-1-3-7-17/h1-8,13-15H,9-12H2,(H,22,24)(H,23,25). The van der Waals surface area contributed by atoms with Crippen molar-refractivity contribution in [3.8, 4) is 0 Å². The van der Waals surface area contributed by atoms with Gasteiger partial charge in [0.05, 0.1) is 0 Å². The molecule has 4 nitrogen and oxygen atoms in total. The molecule has 0 radical (unpaired) electrons. The van der Waals surface area contributed by atoms with Crippen molar-refractivity contribution in [1.82, 2.24) is 0 Å². The molecule has 2 aromatic carbocycles. The zero-order valence-electron chi connectivity index (χ0n) is 13.9. The first-order valence-corrected chi connectivity index (χ1v) is 8.92. The SMILES string of the molecule is O=C(Nc1ccccc1)C1CCC(C(=O)Nc2cccc(Cl)c2)CC1. The number of hydrogen-bond donors (Lipinski definition) is 2. The second-order valence-corrected chi connectivity index (χ2v) is 6.84. The van der Waals surface area contributed by atoms with E-state index in [4.69, 9.17) is 11.6 Å². The Morgan fingerprint density at radius 2 is 1.28 bits per heavy atom. The van der Waals surface area contributed by atoms with Gasteiger partial charge in [-0.15, -0.1) is 0 Å². The number of anilines is 2. The van der Waals surface area contributed by atoms with Crippen LogP contribution >= 0.6 is 11.6 Å². The van der Waals surface area contributed by atoms with Crippen LogP contribution in [0, 0.1) is 11.8 Å². The number of carbonyl (C=O) groups is 2. The summed E-state index contributed by atoms with van der Waals surface area (Å²) in [5, 5.41) is 6.46. The molecule has 0 bridgehead atoms. The highest BCUT2D eigenvalue weighted by Gasteiger charge is 2.30. The summed E-state index contributed by atoms with van der Waals surface area (Å²) in [5.41, 5.74) is 1.52. The Bertz CT molecular complexity index is 740. The Morgan fingerprint density at radius 1 is 0.760 bits per heavy atom. The molecule has 2 aromatic rings. The maximum Gasteiger partial charge on any atom is 0.227 e. The molecule has 2 N–H and O–H groups in total. The fourth-order valence-corrected chi connectivity index (χ4v) is 3.38. The molecule has 0 unspecified atom stereocenters. The van der Waals surface area contributed by atoms with Crippen molar-refractivity contribution in [3.05, 3.63) is 59.6 Å². The number of benzene rings is 2. The third kappa shape index (κ3) is 4.83. The Balaban J connectivity index is 1.49. The van der Waals surface area contributed by atoms with E-state index in [-0.39, 0.29) is 23.7 Å². The first kappa shape index (κ1) is 17.5. The Labute approximate surface area is 152 Å². The molecule has 0 aromatic heterocycles. The number of halogens is 1. The smallest absolute Gasteiger partial charge is 0.227 e. The summed E-state index contributed by atoms with van der Waals surface area (Å²) >= 11 is 5.94. The molecule has 1 fully saturated rings. The Hall–Kier alpha value is -2.33. The molecule has 0 heterocycles. The number of amides is 2. The average Bonchev–Trinajstić information content (AvgIpc) is 2.62. The van der Waals surface area contributed by atoms with E-state index in [9.17, 15) is 9.59 Å². The number of para-hydroxylation sites is 1. The fraction of sp³-hybridized carbons (Fsp3) is 0.300. The van der Waals surface area contributed by atoms with Gasteiger partial charge in [-0.25, -0.2) is 0 Å². The van der Waals surface area contributed by atoms with Gasteiger partial charge in [0.1, 0.15) is 0 Å². The lowest BCUT2D eigenvalue weighted by Gasteiger charge is -2.27. The molecule has 1 saturated carbocycles. The summed E-state index contributed by atoms with van der Waals surface area (Å²) in [5.74, 6) is -0.0423. The number of nitrogens with one attached hydrogen (secondary N) is 2. The van der Waals surface area contributed by atoms with Crippen LogP contribution in [-0.4, -0.2) is 11.8 Å². The van der Waals surface area contributed by atoms with Crippen LogP contribution in [-0.2, 0) is 9.59 Å². The van der Waals surface area contributed by atoms with E-state index in [1.807, 2.05) is 42.5 Å². The molecule has 0 spiro atoms. The maximum absolute atomic E-state index is 12.4. The zero-order valence-corrected chi connectivity index (χ0v) is 14.6. The highest BCUT2D eigenvalue weighted by atomic mass is 35.5. The van der Waals surface area contributed by atoms with Crippen LogP contribution in [0.25, 0.3) is 0 Å². The predicted octanol–water partition coefficient (Wildman–Crippen LogP) is 4.72. The fourth-order valence-electron chi connectivity index (χ4n) is 3.19. The van der Waals surface area contributed by atoms with E-state index < -0.39 is 0 Å². The zero-order chi connectivity index (χ0) is 17.6. The molecule has 130 valence electrons. The molecule has 1 aliphatic carbocycles. The second-order valence-electron chi connectivity index (χ2n) is 6.40. The van der Waals surface area contributed by atoms with Crippen molar-refractivity contribution in [3.63, 3.8) is 0 Å². The third-order valence-electron chi connectivity index (χ3n) is 4.60. The van der Waals surface area contributed by atoms with Crippen molar-refractivity contribution < 1.29 is 9.59 Å². The molecular weight excluding hydrogens is 336 g/mol. The van der Waals surface area contributed by atoms with Crippen LogP contribution in [0.1, 0.15) is 25.7 Å².